The Balaban J connectivity index is -0.000000414. The first-order chi connectivity index (χ1) is 8.98. The number of rotatable bonds is 7. The molecular weight excluding hydrogens is 331 g/mol. The van der Waals surface area contributed by atoms with Crippen molar-refractivity contribution in [3.8, 4) is 0 Å². The Hall–Kier alpha value is -0.0861. The number of esters is 1. The van der Waals surface area contributed by atoms with Crippen LogP contribution in [0.4, 0.5) is 0 Å². The third-order valence-electron chi connectivity index (χ3n) is 2.90. The van der Waals surface area contributed by atoms with E-state index in [2.05, 4.69) is 30.8 Å². The predicted octanol–water partition coefficient (Wildman–Crippen LogP) is 2.92. The van der Waals surface area contributed by atoms with Crippen LogP contribution in [0, 0.1) is 19.8 Å². The predicted molar refractivity (Wildman–Crippen MR) is 78.3 cm³/mol. The minimum absolute atomic E-state index is 0. The van der Waals surface area contributed by atoms with Crippen LogP contribution in [0.5, 0.6) is 0 Å². The molecule has 0 saturated carbocycles. The topological polar surface area (TPSA) is 55.4 Å². The van der Waals surface area contributed by atoms with E-state index < -0.39 is 17.9 Å². The van der Waals surface area contributed by atoms with Crippen molar-refractivity contribution in [1.29, 1.82) is 0 Å². The zero-order chi connectivity index (χ0) is 15.3. The van der Waals surface area contributed by atoms with Crippen LogP contribution in [0.25, 0.3) is 0 Å². The molecule has 0 fully saturated rings. The van der Waals surface area contributed by atoms with Gasteiger partial charge >= 0.3 is 5.97 Å². The van der Waals surface area contributed by atoms with Crippen molar-refractivity contribution in [2.75, 3.05) is 7.11 Å². The van der Waals surface area contributed by atoms with Crippen molar-refractivity contribution < 1.29 is 47.0 Å². The molecule has 5 heteroatoms. The fourth-order valence-electron chi connectivity index (χ4n) is 1.68. The van der Waals surface area contributed by atoms with Gasteiger partial charge in [0.2, 0.25) is 0 Å². The van der Waals surface area contributed by atoms with E-state index in [9.17, 15) is 9.59 Å². The molecule has 1 radical (unpaired) electrons. The Bertz CT molecular complexity index is 241. The molecule has 1 unspecified atom stereocenters. The molecule has 0 aromatic rings. The Kier molecular flexibility index (Phi) is 21.1. The second-order valence-electron chi connectivity index (χ2n) is 4.35. The van der Waals surface area contributed by atoms with Gasteiger partial charge in [-0.05, 0) is 5.92 Å². The zero-order valence-electron chi connectivity index (χ0n) is 13.4. The average molecular weight is 360 g/mol. The summed E-state index contributed by atoms with van der Waals surface area (Å²) in [4.78, 5) is 22.1. The maximum atomic E-state index is 11.3. The van der Waals surface area contributed by atoms with E-state index in [0.29, 0.717) is 0 Å². The van der Waals surface area contributed by atoms with E-state index in [0.717, 1.165) is 19.3 Å². The summed E-state index contributed by atoms with van der Waals surface area (Å²) in [6.07, 6.45) is 5.28. The van der Waals surface area contributed by atoms with E-state index in [1.807, 2.05) is 13.8 Å². The minimum Gasteiger partial charge on any atom is -0.467 e. The van der Waals surface area contributed by atoms with Gasteiger partial charge < -0.3 is 28.7 Å². The van der Waals surface area contributed by atoms with E-state index in [-0.39, 0.29) is 38.6 Å². The number of nitrogens with one attached hydrogen (secondary N) is 1. The van der Waals surface area contributed by atoms with Gasteiger partial charge in [0.25, 0.3) is 0 Å². The first kappa shape index (κ1) is 24.9. The van der Waals surface area contributed by atoms with Crippen LogP contribution in [0.3, 0.4) is 0 Å². The first-order valence-electron chi connectivity index (χ1n) is 6.97. The molecule has 0 aromatic heterocycles. The number of unbranched alkanes of at least 4 members (excludes halogenated alkanes) is 2. The molecule has 1 amide bonds. The standard InChI is InChI=1S/C10H18NO3.C5H11.Y/c1-5-8(6-2)9(10(13)14-4)11-7(3)12;1-3-5-4-2;/h8-9H,3,5-6H2,1-2,4H3,(H,11,12);1,3-5H2,2H3;/q2*-1;. The number of hydrogen-bond donors (Lipinski definition) is 1. The van der Waals surface area contributed by atoms with Crippen LogP contribution in [0.1, 0.15) is 52.9 Å². The van der Waals surface area contributed by atoms with Gasteiger partial charge in [0, 0.05) is 32.7 Å². The molecule has 1 atom stereocenters. The molecule has 0 rings (SSSR count). The van der Waals surface area contributed by atoms with Crippen LogP contribution in [-0.4, -0.2) is 25.0 Å². The van der Waals surface area contributed by atoms with Crippen LogP contribution < -0.4 is 5.32 Å². The summed E-state index contributed by atoms with van der Waals surface area (Å²) in [6, 6.07) is -0.569. The summed E-state index contributed by atoms with van der Waals surface area (Å²) in [7, 11) is 1.31. The Labute approximate surface area is 149 Å². The van der Waals surface area contributed by atoms with Gasteiger partial charge in [-0.25, -0.2) is 4.79 Å². The van der Waals surface area contributed by atoms with Crippen molar-refractivity contribution in [1.82, 2.24) is 5.32 Å². The third-order valence-corrected chi connectivity index (χ3v) is 2.90. The second-order valence-corrected chi connectivity index (χ2v) is 4.35. The van der Waals surface area contributed by atoms with Crippen molar-refractivity contribution in [2.24, 2.45) is 5.92 Å². The zero-order valence-corrected chi connectivity index (χ0v) is 16.2. The molecule has 0 heterocycles. The smallest absolute Gasteiger partial charge is 0.328 e. The van der Waals surface area contributed by atoms with Gasteiger partial charge in [0.05, 0.1) is 13.0 Å². The maximum absolute atomic E-state index is 11.3. The number of methoxy groups -OCH3 is 1. The summed E-state index contributed by atoms with van der Waals surface area (Å²) >= 11 is 0. The Morgan fingerprint density at radius 1 is 1.20 bits per heavy atom. The summed E-state index contributed by atoms with van der Waals surface area (Å²) in [6.45, 7) is 13.0. The molecule has 1 N–H and O–H groups in total. The Morgan fingerprint density at radius 2 is 1.70 bits per heavy atom. The van der Waals surface area contributed by atoms with E-state index >= 15 is 0 Å². The molecule has 4 nitrogen and oxygen atoms in total. The second kappa shape index (κ2) is 17.0. The summed E-state index contributed by atoms with van der Waals surface area (Å²) in [5.41, 5.74) is 0. The van der Waals surface area contributed by atoms with Crippen molar-refractivity contribution in [2.45, 2.75) is 58.9 Å². The van der Waals surface area contributed by atoms with Crippen LogP contribution >= 0.6 is 0 Å². The van der Waals surface area contributed by atoms with Gasteiger partial charge in [-0.1, -0.05) is 46.5 Å². The monoisotopic (exact) mass is 360 g/mol. The summed E-state index contributed by atoms with van der Waals surface area (Å²) in [5, 5.41) is 2.51. The normalized spacial score (nSPS) is 10.7. The first-order valence-corrected chi connectivity index (χ1v) is 6.97. The maximum Gasteiger partial charge on any atom is 0.328 e. The van der Waals surface area contributed by atoms with Gasteiger partial charge in [0.1, 0.15) is 6.04 Å². The molecule has 0 aliphatic carbocycles. The molecule has 117 valence electrons. The fraction of sp³-hybridized carbons (Fsp3) is 0.733. The molecule has 0 aliphatic heterocycles. The number of carbonyl (C=O) groups is 2. The summed E-state index contributed by atoms with van der Waals surface area (Å²) in [5.74, 6) is -0.754. The molecule has 0 saturated heterocycles. The van der Waals surface area contributed by atoms with Crippen LogP contribution in [0.15, 0.2) is 0 Å². The van der Waals surface area contributed by atoms with Gasteiger partial charge in [-0.15, -0.1) is 0 Å². The van der Waals surface area contributed by atoms with Crippen molar-refractivity contribution >= 4 is 11.9 Å². The van der Waals surface area contributed by atoms with E-state index in [1.54, 1.807) is 0 Å². The molecule has 0 aliphatic rings. The number of amides is 1. The minimum atomic E-state index is -0.569. The van der Waals surface area contributed by atoms with E-state index in [1.165, 1.54) is 20.0 Å². The van der Waals surface area contributed by atoms with Crippen molar-refractivity contribution in [3.63, 3.8) is 0 Å². The SMILES string of the molecule is [CH2-]C(=O)NC(C(=O)OC)C(CC)CC.[CH2-]CCCC.[Y]. The van der Waals surface area contributed by atoms with Gasteiger partial charge in [-0.3, -0.25) is 0 Å². The van der Waals surface area contributed by atoms with Crippen LogP contribution in [-0.2, 0) is 47.0 Å². The van der Waals surface area contributed by atoms with E-state index in [4.69, 9.17) is 0 Å². The largest absolute Gasteiger partial charge is 0.467 e. The third kappa shape index (κ3) is 12.9. The Morgan fingerprint density at radius 3 is 1.90 bits per heavy atom. The number of ether oxygens (including phenoxy) is 1. The number of carbonyl (C=O) groups excluding carboxylic acids is 2. The van der Waals surface area contributed by atoms with Gasteiger partial charge in [0.15, 0.2) is 0 Å². The average Bonchev–Trinajstić information content (AvgIpc) is 2.39. The molecular formula is C15H29NO3Y-2. The molecule has 0 bridgehead atoms. The van der Waals surface area contributed by atoms with Crippen molar-refractivity contribution in [3.05, 3.63) is 13.8 Å². The summed E-state index contributed by atoms with van der Waals surface area (Å²) < 4.78 is 4.62. The quantitative estimate of drug-likeness (QED) is 0.561. The van der Waals surface area contributed by atoms with Crippen LogP contribution in [0.2, 0.25) is 0 Å². The fourth-order valence-corrected chi connectivity index (χ4v) is 1.68. The molecule has 0 spiro atoms. The molecule has 20 heavy (non-hydrogen) atoms. The molecule has 0 aromatic carbocycles. The van der Waals surface area contributed by atoms with Gasteiger partial charge in [-0.2, -0.15) is 6.42 Å². The number of hydrogen-bond acceptors (Lipinski definition) is 3.